The second kappa shape index (κ2) is 4.60. The smallest absolute Gasteiger partial charge is 0.309 e. The largest absolute Gasteiger partial charge is 0.481 e. The molecule has 0 spiro atoms. The Bertz CT molecular complexity index is 279. The van der Waals surface area contributed by atoms with Crippen LogP contribution in [0, 0.1) is 10.8 Å². The highest BCUT2D eigenvalue weighted by atomic mass is 16.4. The minimum Gasteiger partial charge on any atom is -0.481 e. The molecule has 92 valence electrons. The van der Waals surface area contributed by atoms with Crippen LogP contribution in [0.1, 0.15) is 59.3 Å². The second-order valence-corrected chi connectivity index (χ2v) is 6.03. The third-order valence-corrected chi connectivity index (χ3v) is 4.10. The Hall–Kier alpha value is -0.790. The number of allylic oxidation sites excluding steroid dienone is 1. The summed E-state index contributed by atoms with van der Waals surface area (Å²) in [5.41, 5.74) is 0.858. The Morgan fingerprint density at radius 1 is 1.25 bits per heavy atom. The van der Waals surface area contributed by atoms with E-state index in [0.29, 0.717) is 11.8 Å². The first-order chi connectivity index (χ1) is 7.31. The van der Waals surface area contributed by atoms with Crippen LogP contribution in [0.4, 0.5) is 0 Å². The van der Waals surface area contributed by atoms with Crippen LogP contribution in [0.3, 0.4) is 0 Å². The Morgan fingerprint density at radius 2 is 1.75 bits per heavy atom. The molecule has 1 saturated carbocycles. The third-order valence-electron chi connectivity index (χ3n) is 4.10. The van der Waals surface area contributed by atoms with Gasteiger partial charge < -0.3 is 5.11 Å². The highest BCUT2D eigenvalue weighted by molar-refractivity contribution is 5.75. The van der Waals surface area contributed by atoms with Gasteiger partial charge in [-0.15, -0.1) is 0 Å². The van der Waals surface area contributed by atoms with E-state index in [0.717, 1.165) is 37.7 Å². The summed E-state index contributed by atoms with van der Waals surface area (Å²) in [5.74, 6) is -0.627. The van der Waals surface area contributed by atoms with Gasteiger partial charge in [0.05, 0.1) is 5.41 Å². The van der Waals surface area contributed by atoms with Crippen molar-refractivity contribution in [1.29, 1.82) is 0 Å². The molecule has 2 heteroatoms. The van der Waals surface area contributed by atoms with Crippen LogP contribution in [0.25, 0.3) is 0 Å². The van der Waals surface area contributed by atoms with E-state index in [1.165, 1.54) is 0 Å². The molecule has 0 heterocycles. The zero-order valence-electron chi connectivity index (χ0n) is 10.8. The van der Waals surface area contributed by atoms with Crippen molar-refractivity contribution >= 4 is 5.97 Å². The Labute approximate surface area is 98.7 Å². The van der Waals surface area contributed by atoms with Crippen LogP contribution in [0.15, 0.2) is 12.2 Å². The van der Waals surface area contributed by atoms with Crippen molar-refractivity contribution < 1.29 is 9.90 Å². The van der Waals surface area contributed by atoms with Gasteiger partial charge in [0.1, 0.15) is 0 Å². The predicted octanol–water partition coefficient (Wildman–Crippen LogP) is 4.01. The Balaban J connectivity index is 2.77. The van der Waals surface area contributed by atoms with Crippen LogP contribution < -0.4 is 0 Å². The molecule has 0 amide bonds. The van der Waals surface area contributed by atoms with E-state index in [9.17, 15) is 9.90 Å². The van der Waals surface area contributed by atoms with Gasteiger partial charge in [0.2, 0.25) is 0 Å². The van der Waals surface area contributed by atoms with Gasteiger partial charge in [-0.05, 0) is 43.9 Å². The maximum Gasteiger partial charge on any atom is 0.309 e. The highest BCUT2D eigenvalue weighted by Crippen LogP contribution is 2.48. The van der Waals surface area contributed by atoms with Crippen molar-refractivity contribution in [2.75, 3.05) is 0 Å². The molecule has 0 atom stereocenters. The van der Waals surface area contributed by atoms with E-state index in [-0.39, 0.29) is 0 Å². The van der Waals surface area contributed by atoms with Gasteiger partial charge in [-0.3, -0.25) is 4.79 Å². The molecular formula is C14H24O2. The summed E-state index contributed by atoms with van der Waals surface area (Å²) >= 11 is 0. The van der Waals surface area contributed by atoms with Gasteiger partial charge >= 0.3 is 5.97 Å². The lowest BCUT2D eigenvalue weighted by molar-refractivity contribution is -0.152. The molecule has 1 aliphatic carbocycles. The summed E-state index contributed by atoms with van der Waals surface area (Å²) in [6.07, 6.45) is 5.17. The Morgan fingerprint density at radius 3 is 2.12 bits per heavy atom. The maximum atomic E-state index is 11.5. The molecule has 16 heavy (non-hydrogen) atoms. The first-order valence-electron chi connectivity index (χ1n) is 6.21. The summed E-state index contributed by atoms with van der Waals surface area (Å²) in [5, 5.41) is 9.46. The first kappa shape index (κ1) is 13.3. The standard InChI is InChI=1S/C14H24O2/c1-5-11(2)10-14(12(15)16)8-6-13(3,4)7-9-14/h2,5-10H2,1,3-4H3,(H,15,16). The van der Waals surface area contributed by atoms with E-state index < -0.39 is 11.4 Å². The Kier molecular flexibility index (Phi) is 3.82. The number of carboxylic acid groups (broad SMARTS) is 1. The number of rotatable bonds is 4. The first-order valence-corrected chi connectivity index (χ1v) is 6.21. The number of carbonyl (C=O) groups is 1. The van der Waals surface area contributed by atoms with Crippen LogP contribution in [-0.4, -0.2) is 11.1 Å². The molecule has 1 fully saturated rings. The van der Waals surface area contributed by atoms with Gasteiger partial charge in [0, 0.05) is 0 Å². The summed E-state index contributed by atoms with van der Waals surface area (Å²) in [6.45, 7) is 10.5. The summed E-state index contributed by atoms with van der Waals surface area (Å²) in [7, 11) is 0. The minimum atomic E-state index is -0.627. The molecule has 0 bridgehead atoms. The van der Waals surface area contributed by atoms with Crippen molar-refractivity contribution in [2.24, 2.45) is 10.8 Å². The molecular weight excluding hydrogens is 200 g/mol. The molecule has 0 aliphatic heterocycles. The van der Waals surface area contributed by atoms with Gasteiger partial charge in [-0.1, -0.05) is 32.9 Å². The monoisotopic (exact) mass is 224 g/mol. The minimum absolute atomic E-state index is 0.312. The molecule has 0 aromatic heterocycles. The molecule has 0 saturated heterocycles. The fourth-order valence-corrected chi connectivity index (χ4v) is 2.48. The van der Waals surface area contributed by atoms with Gasteiger partial charge in [-0.25, -0.2) is 0 Å². The predicted molar refractivity (Wildman–Crippen MR) is 66.4 cm³/mol. The average molecular weight is 224 g/mol. The highest BCUT2D eigenvalue weighted by Gasteiger charge is 2.43. The van der Waals surface area contributed by atoms with Crippen molar-refractivity contribution in [3.8, 4) is 0 Å². The van der Waals surface area contributed by atoms with E-state index in [4.69, 9.17) is 0 Å². The molecule has 0 aromatic carbocycles. The lowest BCUT2D eigenvalue weighted by Crippen LogP contribution is -2.38. The van der Waals surface area contributed by atoms with Crippen LogP contribution in [0.5, 0.6) is 0 Å². The van der Waals surface area contributed by atoms with E-state index in [1.54, 1.807) is 0 Å². The fraction of sp³-hybridized carbons (Fsp3) is 0.786. The van der Waals surface area contributed by atoms with Gasteiger partial charge in [-0.2, -0.15) is 0 Å². The van der Waals surface area contributed by atoms with Crippen LogP contribution in [0.2, 0.25) is 0 Å². The molecule has 1 aliphatic rings. The molecule has 0 aromatic rings. The maximum absolute atomic E-state index is 11.5. The zero-order valence-corrected chi connectivity index (χ0v) is 10.8. The summed E-state index contributed by atoms with van der Waals surface area (Å²) < 4.78 is 0. The topological polar surface area (TPSA) is 37.3 Å². The quantitative estimate of drug-likeness (QED) is 0.732. The number of aliphatic carboxylic acids is 1. The van der Waals surface area contributed by atoms with E-state index in [1.807, 2.05) is 6.92 Å². The molecule has 1 N–H and O–H groups in total. The molecule has 2 nitrogen and oxygen atoms in total. The second-order valence-electron chi connectivity index (χ2n) is 6.03. The average Bonchev–Trinajstić information content (AvgIpc) is 2.21. The summed E-state index contributed by atoms with van der Waals surface area (Å²) in [6, 6.07) is 0. The fourth-order valence-electron chi connectivity index (χ4n) is 2.48. The van der Waals surface area contributed by atoms with Crippen LogP contribution >= 0.6 is 0 Å². The van der Waals surface area contributed by atoms with Crippen molar-refractivity contribution in [3.05, 3.63) is 12.2 Å². The summed E-state index contributed by atoms with van der Waals surface area (Å²) in [4.78, 5) is 11.5. The SMILES string of the molecule is C=C(CC)CC1(C(=O)O)CCC(C)(C)CC1. The van der Waals surface area contributed by atoms with Crippen molar-refractivity contribution in [2.45, 2.75) is 59.3 Å². The number of hydrogen-bond donors (Lipinski definition) is 1. The van der Waals surface area contributed by atoms with E-state index >= 15 is 0 Å². The van der Waals surface area contributed by atoms with Crippen molar-refractivity contribution in [1.82, 2.24) is 0 Å². The number of hydrogen-bond acceptors (Lipinski definition) is 1. The van der Waals surface area contributed by atoms with E-state index in [2.05, 4.69) is 20.4 Å². The lowest BCUT2D eigenvalue weighted by Gasteiger charge is -2.41. The number of carboxylic acids is 1. The van der Waals surface area contributed by atoms with Gasteiger partial charge in [0.15, 0.2) is 0 Å². The molecule has 0 radical (unpaired) electrons. The third kappa shape index (κ3) is 2.87. The molecule has 0 unspecified atom stereocenters. The lowest BCUT2D eigenvalue weighted by atomic mass is 9.63. The zero-order chi connectivity index (χ0) is 12.4. The van der Waals surface area contributed by atoms with Crippen molar-refractivity contribution in [3.63, 3.8) is 0 Å². The molecule has 1 rings (SSSR count). The van der Waals surface area contributed by atoms with Crippen LogP contribution in [-0.2, 0) is 4.79 Å². The normalized spacial score (nSPS) is 22.7. The van der Waals surface area contributed by atoms with Gasteiger partial charge in [0.25, 0.3) is 0 Å².